The third kappa shape index (κ3) is 2.51. The molecule has 0 spiro atoms. The van der Waals surface area contributed by atoms with Gasteiger partial charge < -0.3 is 10.6 Å². The fraction of sp³-hybridized carbons (Fsp3) is 0.538. The molecule has 1 fully saturated rings. The molecule has 0 unspecified atom stereocenters. The summed E-state index contributed by atoms with van der Waals surface area (Å²) in [4.78, 5) is 0. The topological polar surface area (TPSA) is 24.1 Å². The van der Waals surface area contributed by atoms with E-state index in [-0.39, 0.29) is 0 Å². The van der Waals surface area contributed by atoms with E-state index in [1.807, 2.05) is 7.05 Å². The maximum absolute atomic E-state index is 3.60. The van der Waals surface area contributed by atoms with Gasteiger partial charge in [0.25, 0.3) is 0 Å². The second kappa shape index (κ2) is 4.67. The van der Waals surface area contributed by atoms with Crippen LogP contribution in [0.3, 0.4) is 0 Å². The van der Waals surface area contributed by atoms with Crippen LogP contribution >= 0.6 is 0 Å². The highest BCUT2D eigenvalue weighted by Gasteiger charge is 2.18. The molecule has 15 heavy (non-hydrogen) atoms. The zero-order valence-corrected chi connectivity index (χ0v) is 9.59. The van der Waals surface area contributed by atoms with E-state index in [4.69, 9.17) is 0 Å². The van der Waals surface area contributed by atoms with Gasteiger partial charge in [-0.15, -0.1) is 0 Å². The van der Waals surface area contributed by atoms with Crippen LogP contribution in [0, 0.1) is 5.92 Å². The number of rotatable bonds is 2. The first-order valence-corrected chi connectivity index (χ1v) is 5.80. The van der Waals surface area contributed by atoms with Crippen molar-refractivity contribution < 1.29 is 0 Å². The van der Waals surface area contributed by atoms with Gasteiger partial charge in [0.2, 0.25) is 0 Å². The molecule has 1 aromatic rings. The molecule has 1 aromatic carbocycles. The summed E-state index contributed by atoms with van der Waals surface area (Å²) in [6.45, 7) is 3.46. The van der Waals surface area contributed by atoms with Crippen molar-refractivity contribution in [1.82, 2.24) is 5.32 Å². The first-order valence-electron chi connectivity index (χ1n) is 5.80. The van der Waals surface area contributed by atoms with E-state index in [1.54, 1.807) is 0 Å². The molecule has 2 atom stereocenters. The summed E-state index contributed by atoms with van der Waals surface area (Å²) in [6.07, 6.45) is 2.60. The smallest absolute Gasteiger partial charge is 0.0337 e. The molecule has 0 bridgehead atoms. The molecule has 2 N–H and O–H groups in total. The number of benzene rings is 1. The minimum absolute atomic E-state index is 0.562. The van der Waals surface area contributed by atoms with Crippen molar-refractivity contribution in [3.63, 3.8) is 0 Å². The molecule has 0 radical (unpaired) electrons. The molecule has 2 rings (SSSR count). The average Bonchev–Trinajstić information content (AvgIpc) is 2.30. The highest BCUT2D eigenvalue weighted by molar-refractivity contribution is 5.44. The molecule has 1 aliphatic heterocycles. The Morgan fingerprint density at radius 3 is 2.47 bits per heavy atom. The third-order valence-electron chi connectivity index (χ3n) is 3.26. The summed E-state index contributed by atoms with van der Waals surface area (Å²) in [7, 11) is 1.95. The highest BCUT2D eigenvalue weighted by atomic mass is 14.9. The Morgan fingerprint density at radius 2 is 1.93 bits per heavy atom. The fourth-order valence-corrected chi connectivity index (χ4v) is 2.17. The molecule has 2 nitrogen and oxygen atoms in total. The van der Waals surface area contributed by atoms with E-state index in [2.05, 4.69) is 41.8 Å². The maximum Gasteiger partial charge on any atom is 0.0337 e. The van der Waals surface area contributed by atoms with Crippen molar-refractivity contribution in [2.24, 2.45) is 5.92 Å². The zero-order chi connectivity index (χ0) is 10.7. The summed E-state index contributed by atoms with van der Waals surface area (Å²) in [5.41, 5.74) is 2.60. The highest BCUT2D eigenvalue weighted by Crippen LogP contribution is 2.26. The molecule has 0 aliphatic carbocycles. The van der Waals surface area contributed by atoms with Crippen LogP contribution in [0.5, 0.6) is 0 Å². The third-order valence-corrected chi connectivity index (χ3v) is 3.26. The van der Waals surface area contributed by atoms with Crippen molar-refractivity contribution in [2.45, 2.75) is 25.8 Å². The van der Waals surface area contributed by atoms with Gasteiger partial charge in [-0.2, -0.15) is 0 Å². The van der Waals surface area contributed by atoms with Gasteiger partial charge >= 0.3 is 0 Å². The van der Waals surface area contributed by atoms with Crippen molar-refractivity contribution in [3.8, 4) is 0 Å². The van der Waals surface area contributed by atoms with Crippen molar-refractivity contribution in [2.75, 3.05) is 18.9 Å². The van der Waals surface area contributed by atoms with Crippen LogP contribution in [0.25, 0.3) is 0 Å². The standard InChI is InChI=1S/C13H20N2/c1-10-3-8-13(15-9-10)11-4-6-12(14-2)7-5-11/h4-7,10,13-15H,3,8-9H2,1-2H3/t10-,13+/m1/s1. The summed E-state index contributed by atoms with van der Waals surface area (Å²) in [6, 6.07) is 9.30. The molecular weight excluding hydrogens is 184 g/mol. The SMILES string of the molecule is CNc1ccc([C@@H]2CC[C@@H](C)CN2)cc1. The lowest BCUT2D eigenvalue weighted by atomic mass is 9.92. The number of anilines is 1. The summed E-state index contributed by atoms with van der Waals surface area (Å²) < 4.78 is 0. The zero-order valence-electron chi connectivity index (χ0n) is 9.59. The molecule has 0 saturated carbocycles. The van der Waals surface area contributed by atoms with Gasteiger partial charge in [0, 0.05) is 18.8 Å². The maximum atomic E-state index is 3.60. The molecule has 82 valence electrons. The first kappa shape index (κ1) is 10.5. The van der Waals surface area contributed by atoms with Gasteiger partial charge in [0.05, 0.1) is 0 Å². The lowest BCUT2D eigenvalue weighted by Gasteiger charge is -2.28. The van der Waals surface area contributed by atoms with Crippen LogP contribution in [-0.4, -0.2) is 13.6 Å². The van der Waals surface area contributed by atoms with Gasteiger partial charge in [0.1, 0.15) is 0 Å². The van der Waals surface area contributed by atoms with Crippen molar-refractivity contribution in [1.29, 1.82) is 0 Å². The Morgan fingerprint density at radius 1 is 1.20 bits per heavy atom. The van der Waals surface area contributed by atoms with E-state index >= 15 is 0 Å². The molecule has 0 amide bonds. The van der Waals surface area contributed by atoms with Crippen LogP contribution in [0.15, 0.2) is 24.3 Å². The minimum atomic E-state index is 0.562. The number of nitrogens with one attached hydrogen (secondary N) is 2. The van der Waals surface area contributed by atoms with E-state index in [9.17, 15) is 0 Å². The Labute approximate surface area is 92.1 Å². The van der Waals surface area contributed by atoms with E-state index in [1.165, 1.54) is 24.1 Å². The number of hydrogen-bond donors (Lipinski definition) is 2. The molecule has 2 heteroatoms. The van der Waals surface area contributed by atoms with Gasteiger partial charge in [-0.3, -0.25) is 0 Å². The predicted octanol–water partition coefficient (Wildman–Crippen LogP) is 2.79. The van der Waals surface area contributed by atoms with E-state index in [0.29, 0.717) is 6.04 Å². The Kier molecular flexibility index (Phi) is 3.27. The Balaban J connectivity index is 2.03. The van der Waals surface area contributed by atoms with Gasteiger partial charge in [-0.1, -0.05) is 19.1 Å². The molecule has 0 aromatic heterocycles. The van der Waals surface area contributed by atoms with Gasteiger partial charge in [0.15, 0.2) is 0 Å². The van der Waals surface area contributed by atoms with Crippen LogP contribution in [-0.2, 0) is 0 Å². The molecule has 1 aliphatic rings. The van der Waals surface area contributed by atoms with Crippen LogP contribution in [0.1, 0.15) is 31.4 Å². The number of hydrogen-bond acceptors (Lipinski definition) is 2. The normalized spacial score (nSPS) is 26.3. The molecule has 1 saturated heterocycles. The average molecular weight is 204 g/mol. The van der Waals surface area contributed by atoms with Crippen LogP contribution in [0.4, 0.5) is 5.69 Å². The first-order chi connectivity index (χ1) is 7.29. The quantitative estimate of drug-likeness (QED) is 0.774. The predicted molar refractivity (Wildman–Crippen MR) is 65.1 cm³/mol. The van der Waals surface area contributed by atoms with Crippen molar-refractivity contribution >= 4 is 5.69 Å². The minimum Gasteiger partial charge on any atom is -0.388 e. The fourth-order valence-electron chi connectivity index (χ4n) is 2.17. The largest absolute Gasteiger partial charge is 0.388 e. The van der Waals surface area contributed by atoms with Crippen LogP contribution in [0.2, 0.25) is 0 Å². The van der Waals surface area contributed by atoms with Crippen molar-refractivity contribution in [3.05, 3.63) is 29.8 Å². The lowest BCUT2D eigenvalue weighted by molar-refractivity contribution is 0.333. The molecule has 1 heterocycles. The van der Waals surface area contributed by atoms with Gasteiger partial charge in [-0.05, 0) is 43.0 Å². The van der Waals surface area contributed by atoms with E-state index in [0.717, 1.165) is 12.5 Å². The molecular formula is C13H20N2. The second-order valence-electron chi connectivity index (χ2n) is 4.52. The monoisotopic (exact) mass is 204 g/mol. The Hall–Kier alpha value is -1.02. The Bertz CT molecular complexity index is 297. The lowest BCUT2D eigenvalue weighted by Crippen LogP contribution is -2.31. The second-order valence-corrected chi connectivity index (χ2v) is 4.52. The summed E-state index contributed by atoms with van der Waals surface area (Å²) in [5, 5.41) is 6.75. The summed E-state index contributed by atoms with van der Waals surface area (Å²) >= 11 is 0. The summed E-state index contributed by atoms with van der Waals surface area (Å²) in [5.74, 6) is 0.831. The van der Waals surface area contributed by atoms with Crippen LogP contribution < -0.4 is 10.6 Å². The van der Waals surface area contributed by atoms with E-state index < -0.39 is 0 Å². The number of piperidine rings is 1. The van der Waals surface area contributed by atoms with Gasteiger partial charge in [-0.25, -0.2) is 0 Å².